The lowest BCUT2D eigenvalue weighted by atomic mass is 10.00. The molecule has 1 rings (SSSR count). The minimum atomic E-state index is -0.487. The van der Waals surface area contributed by atoms with Crippen LogP contribution < -0.4 is 5.32 Å². The summed E-state index contributed by atoms with van der Waals surface area (Å²) in [6.07, 6.45) is 0.130. The zero-order valence-electron chi connectivity index (χ0n) is 10.7. The zero-order chi connectivity index (χ0) is 14.4. The van der Waals surface area contributed by atoms with Gasteiger partial charge in [0.15, 0.2) is 0 Å². The number of nitrogens with one attached hydrogen (secondary N) is 1. The largest absolute Gasteiger partial charge is 0.469 e. The Balaban J connectivity index is 2.64. The van der Waals surface area contributed by atoms with Crippen LogP contribution in [0.2, 0.25) is 10.0 Å². The molecule has 1 unspecified atom stereocenters. The molecule has 0 saturated carbocycles. The fourth-order valence-electron chi connectivity index (χ4n) is 1.60. The van der Waals surface area contributed by atoms with Crippen LogP contribution in [-0.2, 0) is 14.3 Å². The Hall–Kier alpha value is -1.26. The molecule has 6 heteroatoms. The van der Waals surface area contributed by atoms with Crippen molar-refractivity contribution in [3.63, 3.8) is 0 Å². The molecule has 4 nitrogen and oxygen atoms in total. The first kappa shape index (κ1) is 15.8. The Kier molecular flexibility index (Phi) is 6.12. The third kappa shape index (κ3) is 4.40. The highest BCUT2D eigenvalue weighted by Gasteiger charge is 2.20. The molecule has 1 aromatic carbocycles. The number of methoxy groups -OCH3 is 1. The summed E-state index contributed by atoms with van der Waals surface area (Å²) in [6.45, 7) is 1.93. The lowest BCUT2D eigenvalue weighted by Gasteiger charge is -2.15. The Labute approximate surface area is 122 Å². The molecular weight excluding hydrogens is 289 g/mol. The third-order valence-electron chi connectivity index (χ3n) is 2.68. The summed E-state index contributed by atoms with van der Waals surface area (Å²) >= 11 is 12.1. The maximum Gasteiger partial charge on any atom is 0.307 e. The van der Waals surface area contributed by atoms with Crippen molar-refractivity contribution in [3.8, 4) is 0 Å². The van der Waals surface area contributed by atoms with Gasteiger partial charge in [-0.2, -0.15) is 0 Å². The van der Waals surface area contributed by atoms with E-state index < -0.39 is 5.92 Å². The molecule has 1 N–H and O–H groups in total. The van der Waals surface area contributed by atoms with Gasteiger partial charge in [-0.15, -0.1) is 0 Å². The third-order valence-corrected chi connectivity index (χ3v) is 3.34. The summed E-state index contributed by atoms with van der Waals surface area (Å²) in [7, 11) is 1.30. The molecule has 0 radical (unpaired) electrons. The van der Waals surface area contributed by atoms with Crippen LogP contribution in [-0.4, -0.2) is 25.5 Å². The van der Waals surface area contributed by atoms with Gasteiger partial charge in [0.2, 0.25) is 5.91 Å². The van der Waals surface area contributed by atoms with Crippen LogP contribution in [0.5, 0.6) is 0 Å². The van der Waals surface area contributed by atoms with E-state index in [2.05, 4.69) is 10.1 Å². The number of rotatable bonds is 5. The molecule has 1 atom stereocenters. The molecule has 0 heterocycles. The molecule has 1 amide bonds. The number of hydrogen-bond donors (Lipinski definition) is 1. The highest BCUT2D eigenvalue weighted by molar-refractivity contribution is 6.36. The van der Waals surface area contributed by atoms with Crippen molar-refractivity contribution in [2.24, 2.45) is 0 Å². The van der Waals surface area contributed by atoms with Gasteiger partial charge < -0.3 is 10.1 Å². The zero-order valence-corrected chi connectivity index (χ0v) is 12.2. The maximum atomic E-state index is 11.9. The lowest BCUT2D eigenvalue weighted by Crippen LogP contribution is -2.30. The Morgan fingerprint density at radius 1 is 1.32 bits per heavy atom. The summed E-state index contributed by atoms with van der Waals surface area (Å²) in [5.74, 6) is -1.10. The first-order chi connectivity index (χ1) is 8.97. The fraction of sp³-hybridized carbons (Fsp3) is 0.385. The van der Waals surface area contributed by atoms with Gasteiger partial charge in [0.1, 0.15) is 0 Å². The number of amides is 1. The number of hydrogen-bond acceptors (Lipinski definition) is 3. The van der Waals surface area contributed by atoms with Crippen molar-refractivity contribution in [2.45, 2.75) is 19.3 Å². The molecule has 19 heavy (non-hydrogen) atoms. The van der Waals surface area contributed by atoms with Crippen molar-refractivity contribution in [1.82, 2.24) is 5.32 Å². The van der Waals surface area contributed by atoms with Crippen LogP contribution in [0.4, 0.5) is 0 Å². The molecule has 0 bridgehead atoms. The van der Waals surface area contributed by atoms with E-state index in [1.165, 1.54) is 7.11 Å². The minimum absolute atomic E-state index is 0.130. The SMILES string of the molecule is COC(=O)CCNC(=O)C(C)c1c(Cl)cccc1Cl. The van der Waals surface area contributed by atoms with Crippen LogP contribution in [0.25, 0.3) is 0 Å². The number of carbonyl (C=O) groups is 2. The highest BCUT2D eigenvalue weighted by Crippen LogP contribution is 2.31. The first-order valence-corrected chi connectivity index (χ1v) is 6.51. The average Bonchev–Trinajstić information content (AvgIpc) is 2.37. The fourth-order valence-corrected chi connectivity index (χ4v) is 2.32. The second-order valence-electron chi connectivity index (χ2n) is 3.97. The quantitative estimate of drug-likeness (QED) is 0.851. The van der Waals surface area contributed by atoms with Gasteiger partial charge in [-0.3, -0.25) is 9.59 Å². The van der Waals surface area contributed by atoms with E-state index in [1.807, 2.05) is 0 Å². The molecule has 1 aromatic rings. The molecule has 104 valence electrons. The molecule has 0 aliphatic heterocycles. The van der Waals surface area contributed by atoms with E-state index in [0.29, 0.717) is 15.6 Å². The predicted octanol–water partition coefficient (Wildman–Crippen LogP) is 2.78. The van der Waals surface area contributed by atoms with Crippen molar-refractivity contribution in [3.05, 3.63) is 33.8 Å². The minimum Gasteiger partial charge on any atom is -0.469 e. The molecule has 0 aliphatic carbocycles. The van der Waals surface area contributed by atoms with Crippen molar-refractivity contribution in [2.75, 3.05) is 13.7 Å². The Bertz CT molecular complexity index is 457. The number of ether oxygens (including phenoxy) is 1. The van der Waals surface area contributed by atoms with E-state index in [1.54, 1.807) is 25.1 Å². The standard InChI is InChI=1S/C13H15Cl2NO3/c1-8(12-9(14)4-3-5-10(12)15)13(18)16-7-6-11(17)19-2/h3-5,8H,6-7H2,1-2H3,(H,16,18). The van der Waals surface area contributed by atoms with Crippen LogP contribution in [0, 0.1) is 0 Å². The summed E-state index contributed by atoms with van der Waals surface area (Å²) in [4.78, 5) is 22.9. The Morgan fingerprint density at radius 2 is 1.89 bits per heavy atom. The van der Waals surface area contributed by atoms with Crippen molar-refractivity contribution in [1.29, 1.82) is 0 Å². The average molecular weight is 304 g/mol. The van der Waals surface area contributed by atoms with E-state index in [-0.39, 0.29) is 24.8 Å². The van der Waals surface area contributed by atoms with E-state index in [4.69, 9.17) is 23.2 Å². The van der Waals surface area contributed by atoms with E-state index in [0.717, 1.165) is 0 Å². The van der Waals surface area contributed by atoms with E-state index in [9.17, 15) is 9.59 Å². The number of carbonyl (C=O) groups excluding carboxylic acids is 2. The molecule has 0 aromatic heterocycles. The second-order valence-corrected chi connectivity index (χ2v) is 4.79. The Morgan fingerprint density at radius 3 is 2.42 bits per heavy atom. The topological polar surface area (TPSA) is 55.4 Å². The summed E-state index contributed by atoms with van der Waals surface area (Å²) in [5, 5.41) is 3.54. The lowest BCUT2D eigenvalue weighted by molar-refractivity contribution is -0.140. The summed E-state index contributed by atoms with van der Waals surface area (Å²) in [6, 6.07) is 5.08. The normalized spacial score (nSPS) is 11.8. The number of benzene rings is 1. The molecular formula is C13H15Cl2NO3. The molecule has 0 spiro atoms. The monoisotopic (exact) mass is 303 g/mol. The highest BCUT2D eigenvalue weighted by atomic mass is 35.5. The van der Waals surface area contributed by atoms with E-state index >= 15 is 0 Å². The number of halogens is 2. The van der Waals surface area contributed by atoms with Crippen molar-refractivity contribution >= 4 is 35.1 Å². The van der Waals surface area contributed by atoms with Gasteiger partial charge in [0.25, 0.3) is 0 Å². The molecule has 0 saturated heterocycles. The molecule has 0 fully saturated rings. The van der Waals surface area contributed by atoms with Crippen LogP contribution in [0.1, 0.15) is 24.8 Å². The van der Waals surface area contributed by atoms with Crippen LogP contribution >= 0.6 is 23.2 Å². The van der Waals surface area contributed by atoms with Crippen molar-refractivity contribution < 1.29 is 14.3 Å². The summed E-state index contributed by atoms with van der Waals surface area (Å²) < 4.78 is 4.48. The van der Waals surface area contributed by atoms with Crippen LogP contribution in [0.15, 0.2) is 18.2 Å². The second kappa shape index (κ2) is 7.36. The number of esters is 1. The summed E-state index contributed by atoms with van der Waals surface area (Å²) in [5.41, 5.74) is 0.585. The molecule has 0 aliphatic rings. The maximum absolute atomic E-state index is 11.9. The van der Waals surface area contributed by atoms with Gasteiger partial charge in [-0.25, -0.2) is 0 Å². The smallest absolute Gasteiger partial charge is 0.307 e. The first-order valence-electron chi connectivity index (χ1n) is 5.75. The van der Waals surface area contributed by atoms with Gasteiger partial charge in [-0.05, 0) is 19.1 Å². The van der Waals surface area contributed by atoms with Gasteiger partial charge in [-0.1, -0.05) is 29.3 Å². The predicted molar refractivity (Wildman–Crippen MR) is 74.5 cm³/mol. The van der Waals surface area contributed by atoms with Gasteiger partial charge in [0, 0.05) is 22.2 Å². The van der Waals surface area contributed by atoms with Gasteiger partial charge >= 0.3 is 5.97 Å². The van der Waals surface area contributed by atoms with Crippen LogP contribution in [0.3, 0.4) is 0 Å². The van der Waals surface area contributed by atoms with Gasteiger partial charge in [0.05, 0.1) is 19.4 Å².